The van der Waals surface area contributed by atoms with E-state index in [0.29, 0.717) is 35.7 Å². The molecule has 0 bridgehead atoms. The second-order valence-corrected chi connectivity index (χ2v) is 10.3. The SMILES string of the molecule is CCOCc1cc(F)c(-c2ccc3cnc(Nc4cnccc4C4C[C@@H](N)[C@@H](NC(=O)OC)[C@@H](C)C4)n3n2)c(F)c1. The summed E-state index contributed by atoms with van der Waals surface area (Å²) in [6.07, 6.45) is 5.96. The van der Waals surface area contributed by atoms with Crippen LogP contribution in [0.4, 0.5) is 25.2 Å². The zero-order valence-electron chi connectivity index (χ0n) is 23.1. The number of rotatable bonds is 8. The lowest BCUT2D eigenvalue weighted by molar-refractivity contribution is 0.133. The number of imidazole rings is 1. The van der Waals surface area contributed by atoms with Gasteiger partial charge in [-0.05, 0) is 73.1 Å². The number of pyridine rings is 1. The van der Waals surface area contributed by atoms with Gasteiger partial charge in [-0.1, -0.05) is 6.92 Å². The normalized spacial score (nSPS) is 20.6. The molecule has 0 radical (unpaired) electrons. The fourth-order valence-electron chi connectivity index (χ4n) is 5.55. The molecule has 5 rings (SSSR count). The summed E-state index contributed by atoms with van der Waals surface area (Å²) < 4.78 is 41.6. The highest BCUT2D eigenvalue weighted by atomic mass is 19.1. The highest BCUT2D eigenvalue weighted by molar-refractivity contribution is 5.68. The van der Waals surface area contributed by atoms with E-state index >= 15 is 8.78 Å². The molecule has 3 heterocycles. The van der Waals surface area contributed by atoms with Crippen molar-refractivity contribution in [3.63, 3.8) is 0 Å². The highest BCUT2D eigenvalue weighted by Crippen LogP contribution is 2.39. The van der Waals surface area contributed by atoms with Crippen LogP contribution in [0.2, 0.25) is 0 Å². The lowest BCUT2D eigenvalue weighted by Crippen LogP contribution is -2.54. The Morgan fingerprint density at radius 3 is 2.66 bits per heavy atom. The maximum Gasteiger partial charge on any atom is 0.407 e. The van der Waals surface area contributed by atoms with Crippen molar-refractivity contribution in [1.29, 1.82) is 0 Å². The summed E-state index contributed by atoms with van der Waals surface area (Å²) >= 11 is 0. The predicted octanol–water partition coefficient (Wildman–Crippen LogP) is 4.92. The molecule has 1 saturated carbocycles. The van der Waals surface area contributed by atoms with E-state index in [9.17, 15) is 4.79 Å². The molecule has 216 valence electrons. The van der Waals surface area contributed by atoms with E-state index < -0.39 is 17.7 Å². The molecule has 4 aromatic rings. The molecule has 0 aliphatic heterocycles. The Kier molecular flexibility index (Phi) is 8.41. The molecule has 3 aromatic heterocycles. The number of carbonyl (C=O) groups is 1. The first-order valence-corrected chi connectivity index (χ1v) is 13.5. The van der Waals surface area contributed by atoms with Gasteiger partial charge in [0, 0.05) is 24.9 Å². The smallest absolute Gasteiger partial charge is 0.407 e. The van der Waals surface area contributed by atoms with Crippen molar-refractivity contribution in [2.75, 3.05) is 19.0 Å². The minimum absolute atomic E-state index is 0.0920. The maximum absolute atomic E-state index is 15.0. The van der Waals surface area contributed by atoms with Crippen molar-refractivity contribution in [2.24, 2.45) is 11.7 Å². The topological polar surface area (TPSA) is 129 Å². The second kappa shape index (κ2) is 12.1. The van der Waals surface area contributed by atoms with Gasteiger partial charge in [-0.2, -0.15) is 9.61 Å². The number of nitrogens with zero attached hydrogens (tertiary/aromatic N) is 4. The largest absolute Gasteiger partial charge is 0.453 e. The molecular weight excluding hydrogens is 532 g/mol. The number of aromatic nitrogens is 4. The summed E-state index contributed by atoms with van der Waals surface area (Å²) in [5.41, 5.74) is 9.14. The van der Waals surface area contributed by atoms with Gasteiger partial charge >= 0.3 is 6.09 Å². The van der Waals surface area contributed by atoms with E-state index in [0.717, 1.165) is 12.0 Å². The van der Waals surface area contributed by atoms with E-state index in [1.54, 1.807) is 30.7 Å². The number of benzene rings is 1. The van der Waals surface area contributed by atoms with Crippen molar-refractivity contribution in [1.82, 2.24) is 24.9 Å². The minimum atomic E-state index is -0.724. The number of fused-ring (bicyclic) bond motifs is 1. The first-order valence-electron chi connectivity index (χ1n) is 13.5. The first-order chi connectivity index (χ1) is 19.8. The van der Waals surface area contributed by atoms with Crippen molar-refractivity contribution in [2.45, 2.75) is 51.3 Å². The number of halogens is 2. The van der Waals surface area contributed by atoms with Gasteiger partial charge < -0.3 is 25.8 Å². The van der Waals surface area contributed by atoms with Crippen molar-refractivity contribution in [3.05, 3.63) is 71.7 Å². The maximum atomic E-state index is 15.0. The average Bonchev–Trinajstić information content (AvgIpc) is 3.35. The minimum Gasteiger partial charge on any atom is -0.453 e. The van der Waals surface area contributed by atoms with Crippen LogP contribution in [-0.4, -0.2) is 51.5 Å². The van der Waals surface area contributed by atoms with Crippen LogP contribution in [-0.2, 0) is 16.1 Å². The van der Waals surface area contributed by atoms with E-state index in [1.165, 1.54) is 23.8 Å². The molecule has 4 atom stereocenters. The number of methoxy groups -OCH3 is 1. The molecule has 41 heavy (non-hydrogen) atoms. The van der Waals surface area contributed by atoms with Gasteiger partial charge in [-0.15, -0.1) is 0 Å². The molecule has 1 amide bonds. The van der Waals surface area contributed by atoms with Gasteiger partial charge in [0.2, 0.25) is 5.95 Å². The number of nitrogens with two attached hydrogens (primary N) is 1. The van der Waals surface area contributed by atoms with Crippen LogP contribution < -0.4 is 16.4 Å². The van der Waals surface area contributed by atoms with Crippen LogP contribution in [0.1, 0.15) is 43.7 Å². The Morgan fingerprint density at radius 1 is 1.17 bits per heavy atom. The molecule has 0 spiro atoms. The summed E-state index contributed by atoms with van der Waals surface area (Å²) in [6.45, 7) is 4.43. The monoisotopic (exact) mass is 565 g/mol. The average molecular weight is 566 g/mol. The number of carbonyl (C=O) groups excluding carboxylic acids is 1. The quantitative estimate of drug-likeness (QED) is 0.275. The van der Waals surface area contributed by atoms with E-state index in [1.807, 2.05) is 13.0 Å². The summed E-state index contributed by atoms with van der Waals surface area (Å²) in [6, 6.07) is 7.24. The summed E-state index contributed by atoms with van der Waals surface area (Å²) in [7, 11) is 1.33. The van der Waals surface area contributed by atoms with Crippen LogP contribution in [0, 0.1) is 17.6 Å². The summed E-state index contributed by atoms with van der Waals surface area (Å²) in [5, 5.41) is 10.7. The number of hydrogen-bond donors (Lipinski definition) is 3. The number of hydrogen-bond acceptors (Lipinski definition) is 8. The Balaban J connectivity index is 1.42. The number of anilines is 2. The predicted molar refractivity (Wildman–Crippen MR) is 150 cm³/mol. The number of nitrogens with one attached hydrogen (secondary N) is 2. The van der Waals surface area contributed by atoms with Crippen LogP contribution in [0.3, 0.4) is 0 Å². The third-order valence-corrected chi connectivity index (χ3v) is 7.51. The Labute approximate surface area is 236 Å². The highest BCUT2D eigenvalue weighted by Gasteiger charge is 2.36. The number of ether oxygens (including phenoxy) is 2. The zero-order chi connectivity index (χ0) is 29.1. The third-order valence-electron chi connectivity index (χ3n) is 7.51. The van der Waals surface area contributed by atoms with E-state index in [-0.39, 0.29) is 41.8 Å². The second-order valence-electron chi connectivity index (χ2n) is 10.3. The molecule has 1 aliphatic carbocycles. The summed E-state index contributed by atoms with van der Waals surface area (Å²) in [4.78, 5) is 20.5. The van der Waals surface area contributed by atoms with Gasteiger partial charge in [0.25, 0.3) is 0 Å². The van der Waals surface area contributed by atoms with Gasteiger partial charge in [0.15, 0.2) is 0 Å². The summed E-state index contributed by atoms with van der Waals surface area (Å²) in [5.74, 6) is -0.889. The fourth-order valence-corrected chi connectivity index (χ4v) is 5.55. The molecule has 1 aromatic carbocycles. The standard InChI is InChI=1S/C29H33F2N7O3/c1-4-41-15-17-10-21(30)26(22(31)11-17)24-6-5-19-13-34-28(38(19)37-24)35-25-14-33-8-7-20(25)18-9-16(2)27(23(32)12-18)36-29(39)40-3/h5-8,10-11,13-14,16,18,23,27H,4,9,12,15,32H2,1-3H3,(H,34,35)(H,36,39)/t16-,18?,23+,27-/m0/s1. The van der Waals surface area contributed by atoms with E-state index in [2.05, 4.69) is 32.6 Å². The number of alkyl carbamates (subject to hydrolysis) is 1. The van der Waals surface area contributed by atoms with Crippen LogP contribution in [0.25, 0.3) is 16.8 Å². The molecule has 10 nitrogen and oxygen atoms in total. The number of amides is 1. The van der Waals surface area contributed by atoms with Crippen molar-refractivity contribution >= 4 is 23.2 Å². The Hall–Kier alpha value is -4.16. The molecule has 1 fully saturated rings. The lowest BCUT2D eigenvalue weighted by Gasteiger charge is -2.39. The van der Waals surface area contributed by atoms with Crippen LogP contribution >= 0.6 is 0 Å². The molecule has 4 N–H and O–H groups in total. The Morgan fingerprint density at radius 2 is 1.95 bits per heavy atom. The molecule has 12 heteroatoms. The van der Waals surface area contributed by atoms with Gasteiger partial charge in [0.05, 0.1) is 48.6 Å². The van der Waals surface area contributed by atoms with Crippen LogP contribution in [0.5, 0.6) is 0 Å². The Bertz CT molecular complexity index is 1510. The van der Waals surface area contributed by atoms with Gasteiger partial charge in [-0.25, -0.2) is 18.6 Å². The molecule has 1 unspecified atom stereocenters. The molecule has 0 saturated heterocycles. The third kappa shape index (κ3) is 5.98. The zero-order valence-corrected chi connectivity index (χ0v) is 23.1. The molecule has 1 aliphatic rings. The van der Waals surface area contributed by atoms with Crippen molar-refractivity contribution < 1.29 is 23.0 Å². The van der Waals surface area contributed by atoms with Crippen LogP contribution in [0.15, 0.2) is 48.9 Å². The first kappa shape index (κ1) is 28.4. The fraction of sp³-hybridized carbons (Fsp3) is 0.379. The van der Waals surface area contributed by atoms with Gasteiger partial charge in [0.1, 0.15) is 11.6 Å². The van der Waals surface area contributed by atoms with Crippen molar-refractivity contribution in [3.8, 4) is 11.3 Å². The van der Waals surface area contributed by atoms with Gasteiger partial charge in [-0.3, -0.25) is 4.98 Å². The van der Waals surface area contributed by atoms with E-state index in [4.69, 9.17) is 15.2 Å². The molecular formula is C29H33F2N7O3. The lowest BCUT2D eigenvalue weighted by atomic mass is 9.73.